The van der Waals surface area contributed by atoms with Crippen LogP contribution in [0, 0.1) is 0 Å². The third-order valence-corrected chi connectivity index (χ3v) is 4.19. The number of ether oxygens (including phenoxy) is 1. The van der Waals surface area contributed by atoms with E-state index in [1.54, 1.807) is 0 Å². The standard InChI is InChI=1S/C15H24N4O7.Na/c16-8(14(23)24)3-1-2-5-17-10-4-6-19(15(25)18-10)13-12(22)11(21)9(7-20)26-13;/h4,6,8-9,11-13,20-22H,1-3,5,7,16H2,(H,23,24)(H,17,18,25);. The minimum absolute atomic E-state index is 0. The number of aliphatic hydroxyl groups excluding tert-OH is 3. The second-order valence-corrected chi connectivity index (χ2v) is 6.10. The molecule has 12 heteroatoms. The van der Waals surface area contributed by atoms with Gasteiger partial charge in [0.25, 0.3) is 0 Å². The Morgan fingerprint density at radius 3 is 2.63 bits per heavy atom. The van der Waals surface area contributed by atoms with Crippen molar-refractivity contribution in [1.82, 2.24) is 9.55 Å². The Kier molecular flexibility index (Phi) is 9.84. The minimum Gasteiger partial charge on any atom is -0.480 e. The topological polar surface area (TPSA) is 180 Å². The van der Waals surface area contributed by atoms with Gasteiger partial charge < -0.3 is 36.2 Å². The third-order valence-electron chi connectivity index (χ3n) is 4.19. The van der Waals surface area contributed by atoms with Crippen molar-refractivity contribution in [2.75, 3.05) is 18.5 Å². The van der Waals surface area contributed by atoms with Crippen LogP contribution in [0.4, 0.5) is 5.82 Å². The molecule has 1 saturated heterocycles. The van der Waals surface area contributed by atoms with Crippen LogP contribution < -0.4 is 16.7 Å². The molecule has 1 aliphatic heterocycles. The maximum atomic E-state index is 12.1. The van der Waals surface area contributed by atoms with Gasteiger partial charge in [0.1, 0.15) is 30.2 Å². The van der Waals surface area contributed by atoms with Crippen LogP contribution in [0.2, 0.25) is 0 Å². The number of carbonyl (C=O) groups is 1. The molecule has 5 unspecified atom stereocenters. The van der Waals surface area contributed by atoms with Gasteiger partial charge in [-0.2, -0.15) is 4.98 Å². The predicted octanol–water partition coefficient (Wildman–Crippen LogP) is -2.53. The molecule has 5 atom stereocenters. The van der Waals surface area contributed by atoms with Crippen molar-refractivity contribution < 1.29 is 30.0 Å². The largest absolute Gasteiger partial charge is 0.480 e. The number of nitrogens with zero attached hydrogens (tertiary/aromatic N) is 2. The Bertz CT molecular complexity index is 674. The molecule has 1 aliphatic rings. The smallest absolute Gasteiger partial charge is 0.351 e. The van der Waals surface area contributed by atoms with Crippen LogP contribution in [-0.2, 0) is 9.53 Å². The molecule has 1 aromatic heterocycles. The molecule has 0 amide bonds. The van der Waals surface area contributed by atoms with E-state index in [9.17, 15) is 19.8 Å². The number of carboxylic acids is 1. The van der Waals surface area contributed by atoms with E-state index >= 15 is 0 Å². The zero-order valence-corrected chi connectivity index (χ0v) is 17.1. The first-order valence-corrected chi connectivity index (χ1v) is 8.29. The fraction of sp³-hybridized carbons (Fsp3) is 0.667. The van der Waals surface area contributed by atoms with Gasteiger partial charge in [0, 0.05) is 42.3 Å². The molecule has 147 valence electrons. The summed E-state index contributed by atoms with van der Waals surface area (Å²) in [5.41, 5.74) is 4.72. The summed E-state index contributed by atoms with van der Waals surface area (Å²) in [5, 5.41) is 40.4. The third kappa shape index (κ3) is 6.22. The van der Waals surface area contributed by atoms with E-state index in [0.29, 0.717) is 31.6 Å². The van der Waals surface area contributed by atoms with Gasteiger partial charge >= 0.3 is 11.7 Å². The monoisotopic (exact) mass is 395 g/mol. The second-order valence-electron chi connectivity index (χ2n) is 6.10. The summed E-state index contributed by atoms with van der Waals surface area (Å²) >= 11 is 0. The molecule has 0 aliphatic carbocycles. The molecular weight excluding hydrogens is 371 g/mol. The maximum Gasteiger partial charge on any atom is 0.351 e. The number of anilines is 1. The quantitative estimate of drug-likeness (QED) is 0.193. The molecule has 0 spiro atoms. The number of aliphatic carboxylic acids is 1. The van der Waals surface area contributed by atoms with Crippen LogP contribution in [0.3, 0.4) is 0 Å². The second kappa shape index (κ2) is 11.1. The molecule has 2 rings (SSSR count). The number of nitrogens with one attached hydrogen (secondary N) is 1. The zero-order chi connectivity index (χ0) is 19.3. The van der Waals surface area contributed by atoms with E-state index in [4.69, 9.17) is 20.7 Å². The van der Waals surface area contributed by atoms with Crippen molar-refractivity contribution in [2.24, 2.45) is 5.73 Å². The number of aromatic nitrogens is 2. The summed E-state index contributed by atoms with van der Waals surface area (Å²) in [5.74, 6) is -0.714. The molecule has 11 nitrogen and oxygen atoms in total. The van der Waals surface area contributed by atoms with Crippen LogP contribution in [0.15, 0.2) is 17.1 Å². The van der Waals surface area contributed by atoms with E-state index in [-0.39, 0.29) is 29.6 Å². The maximum absolute atomic E-state index is 12.1. The van der Waals surface area contributed by atoms with Gasteiger partial charge in [0.05, 0.1) is 6.61 Å². The first-order valence-electron chi connectivity index (χ1n) is 8.29. The number of nitrogens with two attached hydrogens (primary N) is 1. The molecule has 0 saturated carbocycles. The number of unbranched alkanes of at least 4 members (excludes halogenated alkanes) is 1. The van der Waals surface area contributed by atoms with E-state index < -0.39 is 48.8 Å². The Morgan fingerprint density at radius 1 is 1.37 bits per heavy atom. The molecule has 7 N–H and O–H groups in total. The molecule has 1 radical (unpaired) electrons. The van der Waals surface area contributed by atoms with Crippen molar-refractivity contribution in [2.45, 2.75) is 49.8 Å². The molecule has 1 fully saturated rings. The average molecular weight is 395 g/mol. The summed E-state index contributed by atoms with van der Waals surface area (Å²) < 4.78 is 6.33. The number of hydrogen-bond acceptors (Lipinski definition) is 9. The summed E-state index contributed by atoms with van der Waals surface area (Å²) in [6.45, 7) is -0.00126. The molecule has 2 heterocycles. The van der Waals surface area contributed by atoms with E-state index in [2.05, 4.69) is 10.3 Å². The first kappa shape index (κ1) is 24.0. The van der Waals surface area contributed by atoms with Gasteiger partial charge in [-0.3, -0.25) is 9.36 Å². The van der Waals surface area contributed by atoms with E-state index in [0.717, 1.165) is 4.57 Å². The van der Waals surface area contributed by atoms with Crippen LogP contribution in [-0.4, -0.2) is 103 Å². The zero-order valence-electron chi connectivity index (χ0n) is 15.1. The summed E-state index contributed by atoms with van der Waals surface area (Å²) in [4.78, 5) is 26.6. The molecule has 0 bridgehead atoms. The van der Waals surface area contributed by atoms with Crippen molar-refractivity contribution in [3.8, 4) is 0 Å². The van der Waals surface area contributed by atoms with Crippen molar-refractivity contribution in [1.29, 1.82) is 0 Å². The summed E-state index contributed by atoms with van der Waals surface area (Å²) in [6.07, 6.45) is -1.77. The first-order chi connectivity index (χ1) is 12.3. The van der Waals surface area contributed by atoms with Crippen LogP contribution in [0.5, 0.6) is 0 Å². The van der Waals surface area contributed by atoms with Crippen molar-refractivity contribution in [3.05, 3.63) is 22.7 Å². The van der Waals surface area contributed by atoms with Crippen molar-refractivity contribution >= 4 is 41.3 Å². The number of rotatable bonds is 9. The molecule has 0 aromatic carbocycles. The molecule has 1 aromatic rings. The molecule has 27 heavy (non-hydrogen) atoms. The van der Waals surface area contributed by atoms with Gasteiger partial charge in [-0.25, -0.2) is 4.79 Å². The van der Waals surface area contributed by atoms with Gasteiger partial charge in [-0.1, -0.05) is 0 Å². The average Bonchev–Trinajstić information content (AvgIpc) is 2.89. The molecular formula is C15H24N4NaO7. The Balaban J connectivity index is 0.00000364. The van der Waals surface area contributed by atoms with E-state index in [1.165, 1.54) is 12.3 Å². The van der Waals surface area contributed by atoms with Crippen molar-refractivity contribution in [3.63, 3.8) is 0 Å². The Morgan fingerprint density at radius 2 is 2.07 bits per heavy atom. The van der Waals surface area contributed by atoms with Crippen LogP contribution in [0.1, 0.15) is 25.5 Å². The number of hydrogen-bond donors (Lipinski definition) is 6. The van der Waals surface area contributed by atoms with Crippen LogP contribution >= 0.6 is 0 Å². The SMILES string of the molecule is NC(CCCCNc1ccn(C2OC(CO)C(O)C2O)c(=O)n1)C(=O)O.[Na]. The number of carboxylic acid groups (broad SMARTS) is 1. The van der Waals surface area contributed by atoms with Crippen LogP contribution in [0.25, 0.3) is 0 Å². The Labute approximate surface area is 177 Å². The predicted molar refractivity (Wildman–Crippen MR) is 95.2 cm³/mol. The van der Waals surface area contributed by atoms with Gasteiger partial charge in [0.2, 0.25) is 0 Å². The Hall–Kier alpha value is -1.05. The fourth-order valence-electron chi connectivity index (χ4n) is 2.64. The normalized spacial score (nSPS) is 25.6. The summed E-state index contributed by atoms with van der Waals surface area (Å²) in [7, 11) is 0. The summed E-state index contributed by atoms with van der Waals surface area (Å²) in [6, 6.07) is 0.632. The minimum atomic E-state index is -1.36. The van der Waals surface area contributed by atoms with Gasteiger partial charge in [-0.15, -0.1) is 0 Å². The number of aliphatic hydroxyl groups is 3. The van der Waals surface area contributed by atoms with Gasteiger partial charge in [-0.05, 0) is 25.3 Å². The van der Waals surface area contributed by atoms with Gasteiger partial charge in [0.15, 0.2) is 6.23 Å². The van der Waals surface area contributed by atoms with E-state index in [1.807, 2.05) is 0 Å². The fourth-order valence-corrected chi connectivity index (χ4v) is 2.64.